The van der Waals surface area contributed by atoms with Crippen molar-refractivity contribution in [2.75, 3.05) is 6.54 Å². The van der Waals surface area contributed by atoms with Gasteiger partial charge in [0.15, 0.2) is 11.0 Å². The second kappa shape index (κ2) is 10.7. The van der Waals surface area contributed by atoms with Crippen molar-refractivity contribution in [2.24, 2.45) is 0 Å². The Morgan fingerprint density at radius 1 is 1.00 bits per heavy atom. The fourth-order valence-electron chi connectivity index (χ4n) is 4.54. The fraction of sp³-hybridized carbons (Fsp3) is 0.172. The van der Waals surface area contributed by atoms with Crippen molar-refractivity contribution in [3.8, 4) is 17.1 Å². The van der Waals surface area contributed by atoms with E-state index in [0.717, 1.165) is 27.8 Å². The molecule has 0 radical (unpaired) electrons. The highest BCUT2D eigenvalue weighted by Crippen LogP contribution is 2.33. The SMILES string of the molecule is Cc1ccc(-n2c(SCc3nc(C(=O)N4CCc5ccccc5C4)cs3)nnc2-c2ccccc2Cl)cc1. The van der Waals surface area contributed by atoms with Crippen molar-refractivity contribution in [1.82, 2.24) is 24.6 Å². The van der Waals surface area contributed by atoms with E-state index in [-0.39, 0.29) is 5.91 Å². The quantitative estimate of drug-likeness (QED) is 0.214. The normalized spacial score (nSPS) is 12.9. The third-order valence-electron chi connectivity index (χ3n) is 6.55. The summed E-state index contributed by atoms with van der Waals surface area (Å²) in [6.07, 6.45) is 0.872. The maximum Gasteiger partial charge on any atom is 0.273 e. The molecule has 0 atom stereocenters. The molecular weight excluding hydrogens is 534 g/mol. The summed E-state index contributed by atoms with van der Waals surface area (Å²) < 4.78 is 2.02. The average Bonchev–Trinajstić information content (AvgIpc) is 3.59. The number of benzene rings is 3. The summed E-state index contributed by atoms with van der Waals surface area (Å²) in [4.78, 5) is 19.7. The molecule has 0 spiro atoms. The Kier molecular flexibility index (Phi) is 7.02. The van der Waals surface area contributed by atoms with Crippen LogP contribution in [0.5, 0.6) is 0 Å². The van der Waals surface area contributed by atoms with E-state index in [1.165, 1.54) is 28.0 Å². The lowest BCUT2D eigenvalue weighted by atomic mass is 10.00. The standard InChI is InChI=1S/C29H24ClN5OS2/c1-19-10-12-22(13-11-19)35-27(23-8-4-5-9-24(23)30)32-33-29(35)38-18-26-31-25(17-37-26)28(36)34-15-14-20-6-2-3-7-21(20)16-34/h2-13,17H,14-16,18H2,1H3. The Labute approximate surface area is 234 Å². The van der Waals surface area contributed by atoms with E-state index in [2.05, 4.69) is 64.6 Å². The molecule has 6 rings (SSSR count). The minimum absolute atomic E-state index is 0.0177. The maximum absolute atomic E-state index is 13.2. The number of carbonyl (C=O) groups excluding carboxylic acids is 1. The average molecular weight is 558 g/mol. The highest BCUT2D eigenvalue weighted by molar-refractivity contribution is 7.98. The molecule has 0 unspecified atom stereocenters. The molecule has 38 heavy (non-hydrogen) atoms. The predicted octanol–water partition coefficient (Wildman–Crippen LogP) is 6.84. The van der Waals surface area contributed by atoms with Gasteiger partial charge in [0.25, 0.3) is 5.91 Å². The van der Waals surface area contributed by atoms with Crippen LogP contribution >= 0.6 is 34.7 Å². The summed E-state index contributed by atoms with van der Waals surface area (Å²) in [7, 11) is 0. The van der Waals surface area contributed by atoms with Gasteiger partial charge in [0.05, 0.1) is 10.8 Å². The number of aromatic nitrogens is 4. The fourth-order valence-corrected chi connectivity index (χ4v) is 6.50. The second-order valence-corrected chi connectivity index (χ2v) is 11.4. The van der Waals surface area contributed by atoms with Gasteiger partial charge in [-0.25, -0.2) is 4.98 Å². The lowest BCUT2D eigenvalue weighted by Crippen LogP contribution is -2.36. The van der Waals surface area contributed by atoms with E-state index in [9.17, 15) is 4.79 Å². The van der Waals surface area contributed by atoms with Crippen molar-refractivity contribution in [3.63, 3.8) is 0 Å². The first-order chi connectivity index (χ1) is 18.6. The van der Waals surface area contributed by atoms with Crippen LogP contribution in [-0.4, -0.2) is 37.1 Å². The number of rotatable bonds is 6. The van der Waals surface area contributed by atoms with Crippen LogP contribution < -0.4 is 0 Å². The first-order valence-corrected chi connectivity index (χ1v) is 14.5. The number of hydrogen-bond acceptors (Lipinski definition) is 6. The van der Waals surface area contributed by atoms with Gasteiger partial charge < -0.3 is 4.90 Å². The van der Waals surface area contributed by atoms with Crippen molar-refractivity contribution in [2.45, 2.75) is 30.8 Å². The van der Waals surface area contributed by atoms with E-state index >= 15 is 0 Å². The zero-order valence-electron chi connectivity index (χ0n) is 20.7. The predicted molar refractivity (Wildman–Crippen MR) is 153 cm³/mol. The van der Waals surface area contributed by atoms with E-state index in [4.69, 9.17) is 11.6 Å². The van der Waals surface area contributed by atoms with Crippen LogP contribution in [-0.2, 0) is 18.7 Å². The number of nitrogens with zero attached hydrogens (tertiary/aromatic N) is 5. The molecule has 9 heteroatoms. The number of amides is 1. The van der Waals surface area contributed by atoms with Crippen LogP contribution in [0, 0.1) is 6.92 Å². The van der Waals surface area contributed by atoms with Gasteiger partial charge in [-0.2, -0.15) is 0 Å². The minimum atomic E-state index is -0.0177. The van der Waals surface area contributed by atoms with Gasteiger partial charge >= 0.3 is 0 Å². The van der Waals surface area contributed by atoms with Crippen molar-refractivity contribution >= 4 is 40.6 Å². The molecule has 1 aliphatic rings. The zero-order chi connectivity index (χ0) is 26.1. The maximum atomic E-state index is 13.2. The molecular formula is C29H24ClN5OS2. The van der Waals surface area contributed by atoms with E-state index in [0.29, 0.717) is 35.4 Å². The highest BCUT2D eigenvalue weighted by Gasteiger charge is 2.24. The van der Waals surface area contributed by atoms with Crippen LogP contribution in [0.2, 0.25) is 5.02 Å². The van der Waals surface area contributed by atoms with Gasteiger partial charge in [-0.1, -0.05) is 77.5 Å². The van der Waals surface area contributed by atoms with Gasteiger partial charge in [-0.15, -0.1) is 21.5 Å². The smallest absolute Gasteiger partial charge is 0.273 e. The number of thioether (sulfide) groups is 1. The Morgan fingerprint density at radius 2 is 1.76 bits per heavy atom. The Balaban J connectivity index is 1.22. The molecule has 0 N–H and O–H groups in total. The summed E-state index contributed by atoms with van der Waals surface area (Å²) in [5.74, 6) is 1.24. The van der Waals surface area contributed by atoms with Crippen molar-refractivity contribution in [3.05, 3.63) is 111 Å². The third kappa shape index (κ3) is 4.99. The van der Waals surface area contributed by atoms with Gasteiger partial charge in [0, 0.05) is 29.7 Å². The van der Waals surface area contributed by atoms with E-state index < -0.39 is 0 Å². The summed E-state index contributed by atoms with van der Waals surface area (Å²) >= 11 is 9.56. The monoisotopic (exact) mass is 557 g/mol. The molecule has 0 bridgehead atoms. The molecule has 0 aliphatic carbocycles. The van der Waals surface area contributed by atoms with Crippen LogP contribution in [0.3, 0.4) is 0 Å². The van der Waals surface area contributed by atoms with Crippen molar-refractivity contribution < 1.29 is 4.79 Å². The molecule has 0 saturated carbocycles. The summed E-state index contributed by atoms with van der Waals surface area (Å²) in [5.41, 5.74) is 5.98. The third-order valence-corrected chi connectivity index (χ3v) is 8.86. The minimum Gasteiger partial charge on any atom is -0.333 e. The van der Waals surface area contributed by atoms with E-state index in [1.807, 2.05) is 45.2 Å². The van der Waals surface area contributed by atoms with Gasteiger partial charge in [-0.05, 0) is 48.7 Å². The zero-order valence-corrected chi connectivity index (χ0v) is 23.1. The summed E-state index contributed by atoms with van der Waals surface area (Å²) in [5, 5.41) is 13.1. The lowest BCUT2D eigenvalue weighted by molar-refractivity contribution is 0.0729. The van der Waals surface area contributed by atoms with Crippen LogP contribution in [0.4, 0.5) is 0 Å². The first kappa shape index (κ1) is 24.9. The summed E-state index contributed by atoms with van der Waals surface area (Å²) in [6.45, 7) is 3.40. The Bertz CT molecular complexity index is 1610. The number of carbonyl (C=O) groups is 1. The number of hydrogen-bond donors (Lipinski definition) is 0. The molecule has 3 aromatic carbocycles. The molecule has 190 valence electrons. The van der Waals surface area contributed by atoms with E-state index in [1.54, 1.807) is 11.8 Å². The van der Waals surface area contributed by atoms with Gasteiger partial charge in [-0.3, -0.25) is 9.36 Å². The Hall–Kier alpha value is -3.46. The molecule has 3 heterocycles. The van der Waals surface area contributed by atoms with Crippen molar-refractivity contribution in [1.29, 1.82) is 0 Å². The molecule has 0 fully saturated rings. The first-order valence-electron chi connectivity index (χ1n) is 12.3. The molecule has 2 aromatic heterocycles. The van der Waals surface area contributed by atoms with Crippen LogP contribution in [0.1, 0.15) is 32.2 Å². The summed E-state index contributed by atoms with van der Waals surface area (Å²) in [6, 6.07) is 24.2. The van der Waals surface area contributed by atoms with Crippen LogP contribution in [0.15, 0.2) is 83.3 Å². The number of fused-ring (bicyclic) bond motifs is 1. The second-order valence-electron chi connectivity index (χ2n) is 9.12. The van der Waals surface area contributed by atoms with Gasteiger partial charge in [0.2, 0.25) is 0 Å². The molecule has 0 saturated heterocycles. The molecule has 1 amide bonds. The molecule has 6 nitrogen and oxygen atoms in total. The highest BCUT2D eigenvalue weighted by atomic mass is 35.5. The van der Waals surface area contributed by atoms with Crippen LogP contribution in [0.25, 0.3) is 17.1 Å². The topological polar surface area (TPSA) is 63.9 Å². The number of aryl methyl sites for hydroxylation is 1. The number of thiazole rings is 1. The molecule has 5 aromatic rings. The Morgan fingerprint density at radius 3 is 2.58 bits per heavy atom. The lowest BCUT2D eigenvalue weighted by Gasteiger charge is -2.28. The molecule has 1 aliphatic heterocycles. The largest absolute Gasteiger partial charge is 0.333 e. The number of halogens is 1. The van der Waals surface area contributed by atoms with Gasteiger partial charge in [0.1, 0.15) is 10.7 Å².